The second-order valence-corrected chi connectivity index (χ2v) is 11.3. The van der Waals surface area contributed by atoms with E-state index in [2.05, 4.69) is 50.5 Å². The molecule has 0 bridgehead atoms. The molecule has 0 radical (unpaired) electrons. The predicted molar refractivity (Wildman–Crippen MR) is 142 cm³/mol. The zero-order valence-corrected chi connectivity index (χ0v) is 21.4. The first-order valence-electron chi connectivity index (χ1n) is 13.6. The quantitative estimate of drug-likeness (QED) is 0.419. The first-order chi connectivity index (χ1) is 18.1. The molecule has 0 unspecified atom stereocenters. The first-order valence-corrected chi connectivity index (χ1v) is 13.6. The number of aromatic amines is 1. The molecule has 7 rings (SSSR count). The minimum Gasteiger partial charge on any atom is -0.379 e. The van der Waals surface area contributed by atoms with Crippen LogP contribution in [0.15, 0.2) is 47.7 Å². The van der Waals surface area contributed by atoms with Crippen molar-refractivity contribution in [3.05, 3.63) is 75.9 Å². The second-order valence-electron chi connectivity index (χ2n) is 11.3. The Morgan fingerprint density at radius 3 is 2.68 bits per heavy atom. The lowest BCUT2D eigenvalue weighted by molar-refractivity contribution is -0.0611. The summed E-state index contributed by atoms with van der Waals surface area (Å²) < 4.78 is 9.52. The first kappa shape index (κ1) is 22.9. The molecule has 1 aliphatic carbocycles. The van der Waals surface area contributed by atoms with Gasteiger partial charge in [-0.05, 0) is 74.0 Å². The lowest BCUT2D eigenvalue weighted by Gasteiger charge is -2.41. The number of piperidine rings is 1. The summed E-state index contributed by atoms with van der Waals surface area (Å²) in [7, 11) is 1.98. The number of hydrogen-bond donors (Lipinski definition) is 1. The van der Waals surface area contributed by atoms with Gasteiger partial charge in [-0.15, -0.1) is 10.2 Å². The van der Waals surface area contributed by atoms with Gasteiger partial charge >= 0.3 is 0 Å². The Kier molecular flexibility index (Phi) is 5.55. The van der Waals surface area contributed by atoms with E-state index in [1.54, 1.807) is 6.33 Å². The summed E-state index contributed by atoms with van der Waals surface area (Å²) in [6, 6.07) is 10.7. The van der Waals surface area contributed by atoms with Gasteiger partial charge in [-0.1, -0.05) is 18.6 Å². The molecule has 5 heterocycles. The number of nitrogens with one attached hydrogen (secondary N) is 1. The molecule has 2 saturated heterocycles. The zero-order chi connectivity index (χ0) is 25.0. The van der Waals surface area contributed by atoms with Crippen LogP contribution in [0.2, 0.25) is 0 Å². The summed E-state index contributed by atoms with van der Waals surface area (Å²) in [4.78, 5) is 19.9. The zero-order valence-electron chi connectivity index (χ0n) is 21.4. The van der Waals surface area contributed by atoms with Gasteiger partial charge in [-0.25, -0.2) is 0 Å². The number of rotatable bonds is 7. The number of likely N-dealkylation sites (tertiary alicyclic amines) is 1. The van der Waals surface area contributed by atoms with Gasteiger partial charge in [0.25, 0.3) is 5.56 Å². The third-order valence-electron chi connectivity index (χ3n) is 8.54. The number of hydrogen-bond acceptors (Lipinski definition) is 5. The van der Waals surface area contributed by atoms with E-state index in [0.29, 0.717) is 19.1 Å². The fourth-order valence-electron chi connectivity index (χ4n) is 6.12. The molecule has 2 aliphatic heterocycles. The molecule has 1 aromatic carbocycles. The molecule has 8 heteroatoms. The summed E-state index contributed by atoms with van der Waals surface area (Å²) in [6.45, 7) is 4.45. The number of ether oxygens (including phenoxy) is 1. The summed E-state index contributed by atoms with van der Waals surface area (Å²) >= 11 is 0. The van der Waals surface area contributed by atoms with Crippen LogP contribution in [0.25, 0.3) is 16.6 Å². The van der Waals surface area contributed by atoms with Crippen molar-refractivity contribution in [3.63, 3.8) is 0 Å². The van der Waals surface area contributed by atoms with Gasteiger partial charge in [0.1, 0.15) is 17.7 Å². The number of aromatic nitrogens is 5. The van der Waals surface area contributed by atoms with Gasteiger partial charge in [0.05, 0.1) is 13.2 Å². The minimum absolute atomic E-state index is 0.0219. The van der Waals surface area contributed by atoms with Crippen LogP contribution in [0.5, 0.6) is 0 Å². The standard InChI is InChI=1S/C29H34N6O2/c1-33-19-30-32-26(33)14-29(17-37-18-29)21-6-5-7-23(12-21)35-16-25(20-8-9-20)24-13-22(31-27(24)28(35)36)15-34-10-3-2-4-11-34/h5-7,12-13,16,19-20,31H,2-4,8-11,14-15,17-18H2,1H3. The molecule has 3 fully saturated rings. The van der Waals surface area contributed by atoms with E-state index in [0.717, 1.165) is 54.2 Å². The molecule has 1 saturated carbocycles. The highest BCUT2D eigenvalue weighted by Crippen LogP contribution is 2.43. The van der Waals surface area contributed by atoms with Crippen LogP contribution in [-0.2, 0) is 30.2 Å². The van der Waals surface area contributed by atoms with E-state index in [1.807, 2.05) is 22.2 Å². The van der Waals surface area contributed by atoms with Crippen LogP contribution in [0.1, 0.15) is 60.7 Å². The SMILES string of the molecule is Cn1cnnc1CC1(c2cccc(-n3cc(C4CC4)c4cc(CN5CCCCC5)[nH]c4c3=O)c2)COC1. The Morgan fingerprint density at radius 2 is 1.97 bits per heavy atom. The highest BCUT2D eigenvalue weighted by atomic mass is 16.5. The van der Waals surface area contributed by atoms with Crippen molar-refractivity contribution in [1.29, 1.82) is 0 Å². The molecular formula is C29H34N6O2. The van der Waals surface area contributed by atoms with E-state index in [4.69, 9.17) is 4.74 Å². The monoisotopic (exact) mass is 498 g/mol. The molecule has 192 valence electrons. The molecule has 0 spiro atoms. The van der Waals surface area contributed by atoms with Crippen molar-refractivity contribution in [2.75, 3.05) is 26.3 Å². The van der Waals surface area contributed by atoms with Gasteiger partial charge in [0.2, 0.25) is 0 Å². The third-order valence-corrected chi connectivity index (χ3v) is 8.54. The minimum atomic E-state index is -0.155. The molecule has 8 nitrogen and oxygen atoms in total. The van der Waals surface area contributed by atoms with E-state index >= 15 is 0 Å². The molecule has 0 amide bonds. The molecule has 37 heavy (non-hydrogen) atoms. The van der Waals surface area contributed by atoms with Crippen molar-refractivity contribution >= 4 is 10.9 Å². The van der Waals surface area contributed by atoms with Crippen LogP contribution < -0.4 is 5.56 Å². The molecule has 1 N–H and O–H groups in total. The Morgan fingerprint density at radius 1 is 1.14 bits per heavy atom. The number of aryl methyl sites for hydroxylation is 1. The highest BCUT2D eigenvalue weighted by molar-refractivity contribution is 5.84. The average molecular weight is 499 g/mol. The van der Waals surface area contributed by atoms with Gasteiger partial charge in [-0.3, -0.25) is 14.3 Å². The summed E-state index contributed by atoms with van der Waals surface area (Å²) in [5.41, 5.74) is 5.13. The summed E-state index contributed by atoms with van der Waals surface area (Å²) in [5.74, 6) is 1.48. The van der Waals surface area contributed by atoms with Crippen LogP contribution in [0.3, 0.4) is 0 Å². The van der Waals surface area contributed by atoms with Crippen molar-refractivity contribution in [2.24, 2.45) is 7.05 Å². The predicted octanol–water partition coefficient (Wildman–Crippen LogP) is 3.82. The van der Waals surface area contributed by atoms with Crippen molar-refractivity contribution < 1.29 is 4.74 Å². The van der Waals surface area contributed by atoms with E-state index < -0.39 is 0 Å². The smallest absolute Gasteiger partial charge is 0.279 e. The van der Waals surface area contributed by atoms with Crippen LogP contribution in [0.4, 0.5) is 0 Å². The number of benzene rings is 1. The number of H-pyrrole nitrogens is 1. The van der Waals surface area contributed by atoms with Gasteiger partial charge < -0.3 is 14.3 Å². The summed E-state index contributed by atoms with van der Waals surface area (Å²) in [5, 5.41) is 9.48. The Hall–Kier alpha value is -3.23. The maximum absolute atomic E-state index is 13.8. The van der Waals surface area contributed by atoms with Crippen molar-refractivity contribution in [2.45, 2.75) is 56.4 Å². The van der Waals surface area contributed by atoms with Crippen LogP contribution in [0, 0.1) is 0 Å². The maximum atomic E-state index is 13.8. The number of pyridine rings is 1. The Bertz CT molecular complexity index is 1500. The molecule has 3 aliphatic rings. The fourth-order valence-corrected chi connectivity index (χ4v) is 6.12. The van der Waals surface area contributed by atoms with Crippen LogP contribution >= 0.6 is 0 Å². The lowest BCUT2D eigenvalue weighted by atomic mass is 9.75. The van der Waals surface area contributed by atoms with Crippen molar-refractivity contribution in [3.8, 4) is 5.69 Å². The normalized spacial score (nSPS) is 19.8. The molecule has 4 aromatic rings. The molecule has 0 atom stereocenters. The molecule has 3 aromatic heterocycles. The Labute approximate surface area is 216 Å². The van der Waals surface area contributed by atoms with Gasteiger partial charge in [0.15, 0.2) is 0 Å². The van der Waals surface area contributed by atoms with Gasteiger partial charge in [-0.2, -0.15) is 0 Å². The average Bonchev–Trinajstić information content (AvgIpc) is 3.52. The highest BCUT2D eigenvalue weighted by Gasteiger charge is 2.42. The number of nitrogens with zero attached hydrogens (tertiary/aromatic N) is 5. The topological polar surface area (TPSA) is 81.0 Å². The van der Waals surface area contributed by atoms with Gasteiger partial charge in [0, 0.05) is 48.4 Å². The Balaban J connectivity index is 1.27. The van der Waals surface area contributed by atoms with E-state index in [9.17, 15) is 4.79 Å². The van der Waals surface area contributed by atoms with Crippen LogP contribution in [-0.4, -0.2) is 55.5 Å². The van der Waals surface area contributed by atoms with E-state index in [1.165, 1.54) is 43.2 Å². The largest absolute Gasteiger partial charge is 0.379 e. The summed E-state index contributed by atoms with van der Waals surface area (Å²) in [6.07, 6.45) is 10.8. The lowest BCUT2D eigenvalue weighted by Crippen LogP contribution is -2.49. The molecular weight excluding hydrogens is 464 g/mol. The van der Waals surface area contributed by atoms with E-state index in [-0.39, 0.29) is 11.0 Å². The van der Waals surface area contributed by atoms with Crippen molar-refractivity contribution in [1.82, 2.24) is 29.2 Å². The fraction of sp³-hybridized carbons (Fsp3) is 0.483. The maximum Gasteiger partial charge on any atom is 0.279 e. The number of fused-ring (bicyclic) bond motifs is 1. The third kappa shape index (κ3) is 4.12. The second kappa shape index (κ2) is 8.96.